The SMILES string of the molecule is COc1cc([C@H]2NC(=O)c3ccccc3N2C)cc2c1OCCO2. The van der Waals surface area contributed by atoms with Crippen LogP contribution in [0.1, 0.15) is 22.1 Å². The number of hydrogen-bond donors (Lipinski definition) is 1. The van der Waals surface area contributed by atoms with Crippen molar-refractivity contribution in [1.29, 1.82) is 0 Å². The predicted molar refractivity (Wildman–Crippen MR) is 89.0 cm³/mol. The molecule has 0 spiro atoms. The molecule has 1 atom stereocenters. The molecule has 0 aliphatic carbocycles. The van der Waals surface area contributed by atoms with Gasteiger partial charge in [-0.3, -0.25) is 4.79 Å². The molecule has 1 amide bonds. The van der Waals surface area contributed by atoms with E-state index in [0.717, 1.165) is 11.3 Å². The highest BCUT2D eigenvalue weighted by Crippen LogP contribution is 2.43. The summed E-state index contributed by atoms with van der Waals surface area (Å²) in [5.41, 5.74) is 2.43. The third-order valence-electron chi connectivity index (χ3n) is 4.35. The number of ether oxygens (including phenoxy) is 3. The number of rotatable bonds is 2. The van der Waals surface area contributed by atoms with Crippen molar-refractivity contribution in [2.24, 2.45) is 0 Å². The van der Waals surface area contributed by atoms with Gasteiger partial charge in [-0.15, -0.1) is 0 Å². The molecule has 0 radical (unpaired) electrons. The third kappa shape index (κ3) is 2.22. The number of carbonyl (C=O) groups is 1. The minimum atomic E-state index is -0.308. The molecule has 4 rings (SSSR count). The molecule has 124 valence electrons. The Morgan fingerprint density at radius 1 is 1.21 bits per heavy atom. The number of fused-ring (bicyclic) bond motifs is 2. The summed E-state index contributed by atoms with van der Waals surface area (Å²) in [7, 11) is 3.54. The second kappa shape index (κ2) is 5.63. The number of benzene rings is 2. The van der Waals surface area contributed by atoms with Crippen LogP contribution in [-0.2, 0) is 0 Å². The highest BCUT2D eigenvalue weighted by atomic mass is 16.6. The monoisotopic (exact) mass is 326 g/mol. The van der Waals surface area contributed by atoms with Crippen molar-refractivity contribution in [3.8, 4) is 17.2 Å². The Bertz CT molecular complexity index is 788. The molecule has 0 fully saturated rings. The van der Waals surface area contributed by atoms with E-state index in [1.54, 1.807) is 7.11 Å². The second-order valence-corrected chi connectivity index (χ2v) is 5.75. The summed E-state index contributed by atoms with van der Waals surface area (Å²) in [6.07, 6.45) is -0.308. The van der Waals surface area contributed by atoms with E-state index in [1.807, 2.05) is 48.3 Å². The first-order valence-electron chi connectivity index (χ1n) is 7.79. The van der Waals surface area contributed by atoms with Crippen LogP contribution in [0, 0.1) is 0 Å². The molecule has 6 nitrogen and oxygen atoms in total. The fourth-order valence-electron chi connectivity index (χ4n) is 3.17. The number of methoxy groups -OCH3 is 1. The molecular formula is C18H18N2O4. The van der Waals surface area contributed by atoms with Gasteiger partial charge in [0, 0.05) is 12.6 Å². The van der Waals surface area contributed by atoms with E-state index >= 15 is 0 Å². The van der Waals surface area contributed by atoms with E-state index in [2.05, 4.69) is 5.32 Å². The van der Waals surface area contributed by atoms with Crippen molar-refractivity contribution in [3.05, 3.63) is 47.5 Å². The molecule has 0 unspecified atom stereocenters. The fourth-order valence-corrected chi connectivity index (χ4v) is 3.17. The molecule has 2 aromatic carbocycles. The van der Waals surface area contributed by atoms with Crippen molar-refractivity contribution in [2.75, 3.05) is 32.3 Å². The van der Waals surface area contributed by atoms with Gasteiger partial charge in [0.25, 0.3) is 5.91 Å². The van der Waals surface area contributed by atoms with Gasteiger partial charge < -0.3 is 24.4 Å². The van der Waals surface area contributed by atoms with Gasteiger partial charge in [0.05, 0.1) is 18.4 Å². The predicted octanol–water partition coefficient (Wildman–Crippen LogP) is 2.34. The molecule has 2 aromatic rings. The lowest BCUT2D eigenvalue weighted by atomic mass is 10.0. The summed E-state index contributed by atoms with van der Waals surface area (Å²) in [6.45, 7) is 0.992. The van der Waals surface area contributed by atoms with Gasteiger partial charge in [-0.2, -0.15) is 0 Å². The second-order valence-electron chi connectivity index (χ2n) is 5.75. The smallest absolute Gasteiger partial charge is 0.255 e. The first kappa shape index (κ1) is 14.7. The van der Waals surface area contributed by atoms with Crippen LogP contribution in [0.5, 0.6) is 17.2 Å². The summed E-state index contributed by atoms with van der Waals surface area (Å²) < 4.78 is 16.8. The van der Waals surface area contributed by atoms with Gasteiger partial charge in [-0.1, -0.05) is 12.1 Å². The lowest BCUT2D eigenvalue weighted by molar-refractivity contribution is 0.0927. The normalized spacial score (nSPS) is 18.7. The molecule has 0 saturated heterocycles. The zero-order chi connectivity index (χ0) is 16.7. The number of hydrogen-bond acceptors (Lipinski definition) is 5. The van der Waals surface area contributed by atoms with Gasteiger partial charge in [-0.25, -0.2) is 0 Å². The summed E-state index contributed by atoms with van der Waals surface area (Å²) in [5, 5.41) is 3.03. The molecule has 1 N–H and O–H groups in total. The van der Waals surface area contributed by atoms with E-state index in [1.165, 1.54) is 0 Å². The van der Waals surface area contributed by atoms with Gasteiger partial charge in [-0.05, 0) is 24.3 Å². The van der Waals surface area contributed by atoms with E-state index in [0.29, 0.717) is 36.0 Å². The average molecular weight is 326 g/mol. The minimum Gasteiger partial charge on any atom is -0.493 e. The van der Waals surface area contributed by atoms with Crippen LogP contribution < -0.4 is 24.4 Å². The topological polar surface area (TPSA) is 60.0 Å². The number of amides is 1. The summed E-state index contributed by atoms with van der Waals surface area (Å²) >= 11 is 0. The molecule has 6 heteroatoms. The summed E-state index contributed by atoms with van der Waals surface area (Å²) in [6, 6.07) is 11.3. The van der Waals surface area contributed by atoms with Crippen molar-refractivity contribution < 1.29 is 19.0 Å². The Kier molecular flexibility index (Phi) is 3.45. The maximum Gasteiger partial charge on any atom is 0.255 e. The number of carbonyl (C=O) groups excluding carboxylic acids is 1. The first-order chi connectivity index (χ1) is 11.7. The lowest BCUT2D eigenvalue weighted by Crippen LogP contribution is -2.44. The highest BCUT2D eigenvalue weighted by molar-refractivity contribution is 6.02. The molecule has 2 heterocycles. The van der Waals surface area contributed by atoms with Crippen LogP contribution in [0.2, 0.25) is 0 Å². The Morgan fingerprint density at radius 3 is 2.83 bits per heavy atom. The van der Waals surface area contributed by atoms with Crippen molar-refractivity contribution >= 4 is 11.6 Å². The van der Waals surface area contributed by atoms with E-state index in [-0.39, 0.29) is 12.1 Å². The Labute approximate surface area is 139 Å². The molecule has 24 heavy (non-hydrogen) atoms. The zero-order valence-electron chi connectivity index (χ0n) is 13.5. The van der Waals surface area contributed by atoms with Crippen molar-refractivity contribution in [2.45, 2.75) is 6.17 Å². The van der Waals surface area contributed by atoms with Crippen LogP contribution in [0.3, 0.4) is 0 Å². The van der Waals surface area contributed by atoms with Gasteiger partial charge in [0.1, 0.15) is 19.4 Å². The quantitative estimate of drug-likeness (QED) is 0.918. The molecule has 0 aromatic heterocycles. The Hall–Kier alpha value is -2.89. The molecule has 2 aliphatic rings. The molecule has 0 bridgehead atoms. The highest BCUT2D eigenvalue weighted by Gasteiger charge is 2.31. The van der Waals surface area contributed by atoms with E-state index < -0.39 is 0 Å². The number of para-hydroxylation sites is 1. The third-order valence-corrected chi connectivity index (χ3v) is 4.35. The fraction of sp³-hybridized carbons (Fsp3) is 0.278. The summed E-state index contributed by atoms with van der Waals surface area (Å²) in [5.74, 6) is 1.75. The summed E-state index contributed by atoms with van der Waals surface area (Å²) in [4.78, 5) is 14.5. The zero-order valence-corrected chi connectivity index (χ0v) is 13.5. The van der Waals surface area contributed by atoms with Crippen LogP contribution >= 0.6 is 0 Å². The Balaban J connectivity index is 1.78. The maximum atomic E-state index is 12.4. The van der Waals surface area contributed by atoms with Crippen molar-refractivity contribution in [1.82, 2.24) is 5.32 Å². The largest absolute Gasteiger partial charge is 0.493 e. The standard InChI is InChI=1S/C18H18N2O4/c1-20-13-6-4-3-5-12(13)18(21)19-17(20)11-9-14(22-2)16-15(10-11)23-7-8-24-16/h3-6,9-10,17H,7-8H2,1-2H3,(H,19,21)/t17-/m0/s1. The number of anilines is 1. The van der Waals surface area contributed by atoms with Crippen molar-refractivity contribution in [3.63, 3.8) is 0 Å². The van der Waals surface area contributed by atoms with E-state index in [9.17, 15) is 4.79 Å². The maximum absolute atomic E-state index is 12.4. The van der Waals surface area contributed by atoms with Crippen LogP contribution in [0.25, 0.3) is 0 Å². The molecule has 2 aliphatic heterocycles. The van der Waals surface area contributed by atoms with Gasteiger partial charge in [0.15, 0.2) is 11.5 Å². The van der Waals surface area contributed by atoms with Crippen LogP contribution in [0.4, 0.5) is 5.69 Å². The first-order valence-corrected chi connectivity index (χ1v) is 7.79. The molecular weight excluding hydrogens is 308 g/mol. The Morgan fingerprint density at radius 2 is 2.00 bits per heavy atom. The number of nitrogens with one attached hydrogen (secondary N) is 1. The lowest BCUT2D eigenvalue weighted by Gasteiger charge is -2.37. The van der Waals surface area contributed by atoms with Crippen LogP contribution in [0.15, 0.2) is 36.4 Å². The van der Waals surface area contributed by atoms with E-state index in [4.69, 9.17) is 14.2 Å². The molecule has 0 saturated carbocycles. The number of nitrogens with zero attached hydrogens (tertiary/aromatic N) is 1. The van der Waals surface area contributed by atoms with Crippen LogP contribution in [-0.4, -0.2) is 33.3 Å². The van der Waals surface area contributed by atoms with Gasteiger partial charge in [0.2, 0.25) is 5.75 Å². The van der Waals surface area contributed by atoms with Gasteiger partial charge >= 0.3 is 0 Å². The average Bonchev–Trinajstić information content (AvgIpc) is 2.63. The minimum absolute atomic E-state index is 0.0949.